The number of benzene rings is 1. The number of nitrogens with one attached hydrogen (secondary N) is 3. The first-order chi connectivity index (χ1) is 16.8. The zero-order chi connectivity index (χ0) is 25.6. The first kappa shape index (κ1) is 28.3. The van der Waals surface area contributed by atoms with Crippen LogP contribution in [0.5, 0.6) is 0 Å². The summed E-state index contributed by atoms with van der Waals surface area (Å²) in [6.45, 7) is 3.98. The van der Waals surface area contributed by atoms with E-state index in [4.69, 9.17) is 9.94 Å². The van der Waals surface area contributed by atoms with Crippen molar-refractivity contribution in [1.82, 2.24) is 10.8 Å². The monoisotopic (exact) mass is 489 g/mol. The van der Waals surface area contributed by atoms with E-state index in [0.29, 0.717) is 36.9 Å². The van der Waals surface area contributed by atoms with Crippen molar-refractivity contribution in [2.24, 2.45) is 5.92 Å². The van der Waals surface area contributed by atoms with Crippen molar-refractivity contribution < 1.29 is 29.1 Å². The Hall–Kier alpha value is -2.94. The average Bonchev–Trinajstić information content (AvgIpc) is 3.33. The number of rotatable bonds is 14. The van der Waals surface area contributed by atoms with Gasteiger partial charge in [-0.1, -0.05) is 32.8 Å². The third kappa shape index (κ3) is 10.9. The van der Waals surface area contributed by atoms with Gasteiger partial charge in [0.25, 0.3) is 5.91 Å². The van der Waals surface area contributed by atoms with Crippen LogP contribution in [0, 0.1) is 5.92 Å². The average molecular weight is 490 g/mol. The van der Waals surface area contributed by atoms with Crippen molar-refractivity contribution in [2.75, 3.05) is 5.32 Å². The highest BCUT2D eigenvalue weighted by molar-refractivity contribution is 5.99. The van der Waals surface area contributed by atoms with Crippen LogP contribution in [0.25, 0.3) is 0 Å². The molecule has 0 radical (unpaired) electrons. The topological polar surface area (TPSA) is 134 Å². The number of hydrogen-bond acceptors (Lipinski definition) is 6. The van der Waals surface area contributed by atoms with Gasteiger partial charge in [0.05, 0.1) is 0 Å². The molecule has 0 aliphatic heterocycles. The Kier molecular flexibility index (Phi) is 12.2. The van der Waals surface area contributed by atoms with E-state index < -0.39 is 11.9 Å². The third-order valence-corrected chi connectivity index (χ3v) is 5.97. The number of ether oxygens (including phenoxy) is 1. The SMILES string of the molecule is CC(C)C[C@H](NC(=O)c1cccc(NC(=O)CCCCCCC(=O)NO)c1)C(=O)OC1CCCC1. The summed E-state index contributed by atoms with van der Waals surface area (Å²) in [5.74, 6) is -1.14. The summed E-state index contributed by atoms with van der Waals surface area (Å²) in [7, 11) is 0. The number of unbranched alkanes of at least 4 members (excludes halogenated alkanes) is 3. The zero-order valence-corrected chi connectivity index (χ0v) is 20.8. The Morgan fingerprint density at radius 3 is 2.29 bits per heavy atom. The molecule has 35 heavy (non-hydrogen) atoms. The minimum absolute atomic E-state index is 0.0624. The number of carbonyl (C=O) groups excluding carboxylic acids is 4. The normalized spacial score (nSPS) is 14.4. The summed E-state index contributed by atoms with van der Waals surface area (Å²) in [4.78, 5) is 48.8. The van der Waals surface area contributed by atoms with Crippen LogP contribution in [0.15, 0.2) is 24.3 Å². The Morgan fingerprint density at radius 2 is 1.66 bits per heavy atom. The fraction of sp³-hybridized carbons (Fsp3) is 0.615. The Morgan fingerprint density at radius 1 is 1.00 bits per heavy atom. The summed E-state index contributed by atoms with van der Waals surface area (Å²) < 4.78 is 5.63. The quantitative estimate of drug-likeness (QED) is 0.135. The van der Waals surface area contributed by atoms with Gasteiger partial charge >= 0.3 is 5.97 Å². The molecule has 0 heterocycles. The molecule has 1 fully saturated rings. The number of anilines is 1. The van der Waals surface area contributed by atoms with E-state index in [-0.39, 0.29) is 36.2 Å². The first-order valence-corrected chi connectivity index (χ1v) is 12.6. The molecular formula is C26H39N3O6. The van der Waals surface area contributed by atoms with E-state index in [9.17, 15) is 19.2 Å². The highest BCUT2D eigenvalue weighted by Crippen LogP contribution is 2.22. The number of hydrogen-bond donors (Lipinski definition) is 4. The smallest absolute Gasteiger partial charge is 0.328 e. The van der Waals surface area contributed by atoms with Crippen LogP contribution < -0.4 is 16.1 Å². The predicted octanol–water partition coefficient (Wildman–Crippen LogP) is 4.10. The van der Waals surface area contributed by atoms with Gasteiger partial charge in [-0.3, -0.25) is 19.6 Å². The van der Waals surface area contributed by atoms with Crippen molar-refractivity contribution in [1.29, 1.82) is 0 Å². The molecule has 0 saturated heterocycles. The standard InChI is InChI=1S/C26H39N3O6/c1-18(2)16-22(26(33)35-21-12-7-8-13-21)28-25(32)19-10-9-11-20(17-19)27-23(30)14-5-3-4-6-15-24(31)29-34/h9-11,17-18,21-22,34H,3-8,12-16H2,1-2H3,(H,27,30)(H,28,32)(H,29,31)/t22-/m0/s1. The molecule has 0 unspecified atom stereocenters. The largest absolute Gasteiger partial charge is 0.461 e. The van der Waals surface area contributed by atoms with Crippen molar-refractivity contribution in [2.45, 2.75) is 96.6 Å². The lowest BCUT2D eigenvalue weighted by Crippen LogP contribution is -2.43. The van der Waals surface area contributed by atoms with Crippen LogP contribution in [-0.2, 0) is 19.1 Å². The second kappa shape index (κ2) is 15.1. The van der Waals surface area contributed by atoms with Crippen LogP contribution in [0.4, 0.5) is 5.69 Å². The van der Waals surface area contributed by atoms with Gasteiger partial charge in [0.1, 0.15) is 12.1 Å². The Balaban J connectivity index is 1.84. The second-order valence-corrected chi connectivity index (χ2v) is 9.58. The highest BCUT2D eigenvalue weighted by Gasteiger charge is 2.28. The summed E-state index contributed by atoms with van der Waals surface area (Å²) in [6.07, 6.45) is 7.77. The molecule has 1 aliphatic rings. The van der Waals surface area contributed by atoms with Gasteiger partial charge in [-0.05, 0) is 69.1 Å². The van der Waals surface area contributed by atoms with E-state index in [2.05, 4.69) is 10.6 Å². The van der Waals surface area contributed by atoms with Gasteiger partial charge in [-0.2, -0.15) is 0 Å². The van der Waals surface area contributed by atoms with Crippen LogP contribution in [-0.4, -0.2) is 41.0 Å². The fourth-order valence-corrected chi connectivity index (χ4v) is 4.12. The minimum atomic E-state index is -0.718. The van der Waals surface area contributed by atoms with Gasteiger partial charge in [0.2, 0.25) is 11.8 Å². The van der Waals surface area contributed by atoms with Crippen molar-refractivity contribution in [3.05, 3.63) is 29.8 Å². The molecule has 1 atom stereocenters. The number of carbonyl (C=O) groups is 4. The first-order valence-electron chi connectivity index (χ1n) is 12.6. The second-order valence-electron chi connectivity index (χ2n) is 9.58. The lowest BCUT2D eigenvalue weighted by molar-refractivity contribution is -0.151. The summed E-state index contributed by atoms with van der Waals surface area (Å²) in [6, 6.07) is 5.91. The minimum Gasteiger partial charge on any atom is -0.461 e. The van der Waals surface area contributed by atoms with Crippen molar-refractivity contribution in [3.63, 3.8) is 0 Å². The Labute approximate surface area is 207 Å². The lowest BCUT2D eigenvalue weighted by atomic mass is 10.0. The van der Waals surface area contributed by atoms with Crippen LogP contribution >= 0.6 is 0 Å². The third-order valence-electron chi connectivity index (χ3n) is 5.97. The van der Waals surface area contributed by atoms with Crippen LogP contribution in [0.3, 0.4) is 0 Å². The predicted molar refractivity (Wildman–Crippen MR) is 132 cm³/mol. The number of esters is 1. The summed E-state index contributed by atoms with van der Waals surface area (Å²) in [5.41, 5.74) is 2.46. The van der Waals surface area contributed by atoms with Crippen LogP contribution in [0.2, 0.25) is 0 Å². The maximum absolute atomic E-state index is 12.9. The molecule has 194 valence electrons. The van der Waals surface area contributed by atoms with Crippen molar-refractivity contribution in [3.8, 4) is 0 Å². The fourth-order valence-electron chi connectivity index (χ4n) is 4.12. The maximum Gasteiger partial charge on any atom is 0.328 e. The molecule has 2 rings (SSSR count). The highest BCUT2D eigenvalue weighted by atomic mass is 16.5. The molecule has 9 nitrogen and oxygen atoms in total. The molecule has 9 heteroatoms. The lowest BCUT2D eigenvalue weighted by Gasteiger charge is -2.22. The molecule has 0 bridgehead atoms. The molecule has 1 aromatic rings. The maximum atomic E-state index is 12.9. The molecule has 4 N–H and O–H groups in total. The zero-order valence-electron chi connectivity index (χ0n) is 20.8. The van der Waals surface area contributed by atoms with E-state index in [0.717, 1.165) is 38.5 Å². The van der Waals surface area contributed by atoms with Gasteiger partial charge in [-0.15, -0.1) is 0 Å². The van der Waals surface area contributed by atoms with E-state index >= 15 is 0 Å². The summed E-state index contributed by atoms with van der Waals surface area (Å²) >= 11 is 0. The Bertz CT molecular complexity index is 851. The number of amides is 3. The number of hydroxylamine groups is 1. The molecule has 1 aliphatic carbocycles. The van der Waals surface area contributed by atoms with Gasteiger partial charge in [0.15, 0.2) is 0 Å². The molecule has 3 amide bonds. The van der Waals surface area contributed by atoms with E-state index in [1.807, 2.05) is 13.8 Å². The summed E-state index contributed by atoms with van der Waals surface area (Å²) in [5, 5.41) is 14.1. The van der Waals surface area contributed by atoms with Crippen LogP contribution in [0.1, 0.15) is 94.8 Å². The van der Waals surface area contributed by atoms with Gasteiger partial charge in [0, 0.05) is 24.1 Å². The molecular weight excluding hydrogens is 450 g/mol. The van der Waals surface area contributed by atoms with E-state index in [1.54, 1.807) is 29.7 Å². The van der Waals surface area contributed by atoms with Gasteiger partial charge < -0.3 is 15.4 Å². The van der Waals surface area contributed by atoms with E-state index in [1.165, 1.54) is 0 Å². The van der Waals surface area contributed by atoms with Gasteiger partial charge in [-0.25, -0.2) is 10.3 Å². The molecule has 1 saturated carbocycles. The molecule has 1 aromatic carbocycles. The van der Waals surface area contributed by atoms with Crippen molar-refractivity contribution >= 4 is 29.4 Å². The molecule has 0 spiro atoms. The molecule has 0 aromatic heterocycles.